The molecular formula is C26H32N+. The molecule has 3 rings (SSSR count). The zero-order valence-electron chi connectivity index (χ0n) is 17.5. The van der Waals surface area contributed by atoms with Crippen molar-refractivity contribution >= 4 is 0 Å². The molecule has 0 aliphatic rings. The van der Waals surface area contributed by atoms with Gasteiger partial charge in [0.1, 0.15) is 7.05 Å². The molecule has 1 heterocycles. The SMILES string of the molecule is Cc1ccccc1-c1ccc(-c2ccc(C(C(C)C)C(C)C)cc2)c[n+]1C. The van der Waals surface area contributed by atoms with Crippen LogP contribution in [0.1, 0.15) is 44.7 Å². The molecule has 0 aliphatic carbocycles. The summed E-state index contributed by atoms with van der Waals surface area (Å²) in [7, 11) is 2.13. The smallest absolute Gasteiger partial charge is 0.200 e. The van der Waals surface area contributed by atoms with E-state index in [-0.39, 0.29) is 0 Å². The predicted octanol–water partition coefficient (Wildman–Crippen LogP) is 6.55. The molecule has 1 aromatic heterocycles. The lowest BCUT2D eigenvalue weighted by Gasteiger charge is -2.25. The number of nitrogens with zero attached hydrogens (tertiary/aromatic N) is 1. The second-order valence-corrected chi connectivity index (χ2v) is 8.36. The summed E-state index contributed by atoms with van der Waals surface area (Å²) in [5.41, 5.74) is 7.82. The van der Waals surface area contributed by atoms with Crippen molar-refractivity contribution in [2.45, 2.75) is 40.5 Å². The molecule has 0 N–H and O–H groups in total. The lowest BCUT2D eigenvalue weighted by atomic mass is 9.80. The van der Waals surface area contributed by atoms with E-state index in [0.29, 0.717) is 17.8 Å². The van der Waals surface area contributed by atoms with Gasteiger partial charge < -0.3 is 0 Å². The molecule has 0 radical (unpaired) electrons. The maximum Gasteiger partial charge on any atom is 0.212 e. The number of benzene rings is 2. The van der Waals surface area contributed by atoms with Crippen molar-refractivity contribution < 1.29 is 4.57 Å². The minimum absolute atomic E-state index is 0.610. The molecule has 1 nitrogen and oxygen atoms in total. The molecule has 0 atom stereocenters. The summed E-state index contributed by atoms with van der Waals surface area (Å²) < 4.78 is 2.23. The van der Waals surface area contributed by atoms with E-state index in [9.17, 15) is 0 Å². The van der Waals surface area contributed by atoms with E-state index in [4.69, 9.17) is 0 Å². The van der Waals surface area contributed by atoms with Gasteiger partial charge in [0.2, 0.25) is 5.69 Å². The van der Waals surface area contributed by atoms with Crippen LogP contribution in [0.25, 0.3) is 22.4 Å². The first-order valence-electron chi connectivity index (χ1n) is 10.0. The van der Waals surface area contributed by atoms with Gasteiger partial charge in [-0.15, -0.1) is 0 Å². The summed E-state index contributed by atoms with van der Waals surface area (Å²) in [5, 5.41) is 0. The van der Waals surface area contributed by atoms with Crippen molar-refractivity contribution in [3.8, 4) is 22.4 Å². The van der Waals surface area contributed by atoms with Gasteiger partial charge in [0.25, 0.3) is 0 Å². The van der Waals surface area contributed by atoms with E-state index in [1.54, 1.807) is 0 Å². The van der Waals surface area contributed by atoms with Crippen LogP contribution in [-0.4, -0.2) is 0 Å². The molecule has 3 aromatic rings. The number of hydrogen-bond donors (Lipinski definition) is 0. The summed E-state index contributed by atoms with van der Waals surface area (Å²) in [6, 6.07) is 22.2. The number of aryl methyl sites for hydroxylation is 2. The molecule has 0 unspecified atom stereocenters. The summed E-state index contributed by atoms with van der Waals surface area (Å²) in [5.74, 6) is 1.92. The Bertz CT molecular complexity index is 896. The molecule has 27 heavy (non-hydrogen) atoms. The molecule has 0 saturated heterocycles. The molecule has 0 aliphatic heterocycles. The molecule has 1 heteroatoms. The quantitative estimate of drug-likeness (QED) is 0.455. The Morgan fingerprint density at radius 2 is 1.30 bits per heavy atom. The van der Waals surface area contributed by atoms with Gasteiger partial charge in [-0.25, -0.2) is 4.57 Å². The Kier molecular flexibility index (Phi) is 5.79. The number of rotatable bonds is 5. The van der Waals surface area contributed by atoms with Crippen molar-refractivity contribution in [1.29, 1.82) is 0 Å². The van der Waals surface area contributed by atoms with Crippen molar-refractivity contribution in [1.82, 2.24) is 0 Å². The van der Waals surface area contributed by atoms with Gasteiger partial charge in [-0.05, 0) is 53.5 Å². The van der Waals surface area contributed by atoms with Crippen LogP contribution in [0, 0.1) is 18.8 Å². The maximum atomic E-state index is 2.32. The average molecular weight is 359 g/mol. The standard InChI is InChI=1S/C26H32N/c1-18(2)26(19(3)4)22-13-11-21(12-14-22)23-15-16-25(27(6)17-23)24-10-8-7-9-20(24)5/h7-19,26H,1-6H3/q+1. The van der Waals surface area contributed by atoms with Gasteiger partial charge in [0.15, 0.2) is 6.20 Å². The summed E-state index contributed by atoms with van der Waals surface area (Å²) >= 11 is 0. The van der Waals surface area contributed by atoms with Crippen molar-refractivity contribution in [2.75, 3.05) is 0 Å². The maximum absolute atomic E-state index is 2.32. The Morgan fingerprint density at radius 1 is 0.704 bits per heavy atom. The van der Waals surface area contributed by atoms with Crippen molar-refractivity contribution in [3.63, 3.8) is 0 Å². The molecular weight excluding hydrogens is 326 g/mol. The molecule has 0 spiro atoms. The zero-order chi connectivity index (χ0) is 19.6. The van der Waals surface area contributed by atoms with Crippen molar-refractivity contribution in [2.24, 2.45) is 18.9 Å². The molecule has 0 amide bonds. The van der Waals surface area contributed by atoms with E-state index in [2.05, 4.69) is 113 Å². The molecule has 0 saturated carbocycles. The van der Waals surface area contributed by atoms with Crippen molar-refractivity contribution in [3.05, 3.63) is 78.0 Å². The number of hydrogen-bond acceptors (Lipinski definition) is 0. The van der Waals surface area contributed by atoms with Crippen LogP contribution in [0.15, 0.2) is 66.9 Å². The van der Waals surface area contributed by atoms with Crippen LogP contribution in [0.3, 0.4) is 0 Å². The first-order valence-corrected chi connectivity index (χ1v) is 10.0. The monoisotopic (exact) mass is 358 g/mol. The fraction of sp³-hybridized carbons (Fsp3) is 0.346. The zero-order valence-corrected chi connectivity index (χ0v) is 17.5. The predicted molar refractivity (Wildman–Crippen MR) is 116 cm³/mol. The fourth-order valence-corrected chi connectivity index (χ4v) is 4.36. The normalized spacial score (nSPS) is 11.6. The Labute approximate surface area is 164 Å². The lowest BCUT2D eigenvalue weighted by Crippen LogP contribution is -2.30. The highest BCUT2D eigenvalue weighted by Crippen LogP contribution is 2.33. The van der Waals surface area contributed by atoms with Crippen LogP contribution < -0.4 is 4.57 Å². The summed E-state index contributed by atoms with van der Waals surface area (Å²) in [4.78, 5) is 0. The first kappa shape index (κ1) is 19.4. The highest BCUT2D eigenvalue weighted by molar-refractivity contribution is 5.66. The fourth-order valence-electron chi connectivity index (χ4n) is 4.36. The van der Waals surface area contributed by atoms with Crippen LogP contribution in [0.2, 0.25) is 0 Å². The van der Waals surface area contributed by atoms with E-state index in [1.165, 1.54) is 33.5 Å². The highest BCUT2D eigenvalue weighted by atomic mass is 14.9. The first-order chi connectivity index (χ1) is 12.9. The Morgan fingerprint density at radius 3 is 1.85 bits per heavy atom. The van der Waals surface area contributed by atoms with Gasteiger partial charge in [0.05, 0.1) is 0 Å². The average Bonchev–Trinajstić information content (AvgIpc) is 2.62. The molecule has 0 bridgehead atoms. The third kappa shape index (κ3) is 4.13. The van der Waals surface area contributed by atoms with Crippen LogP contribution >= 0.6 is 0 Å². The Hall–Kier alpha value is -2.41. The van der Waals surface area contributed by atoms with E-state index in [0.717, 1.165) is 0 Å². The van der Waals surface area contributed by atoms with E-state index >= 15 is 0 Å². The van der Waals surface area contributed by atoms with Gasteiger partial charge in [-0.2, -0.15) is 0 Å². The summed E-state index contributed by atoms with van der Waals surface area (Å²) in [6.07, 6.45) is 2.24. The second kappa shape index (κ2) is 8.08. The van der Waals surface area contributed by atoms with Crippen LogP contribution in [0.5, 0.6) is 0 Å². The minimum Gasteiger partial charge on any atom is -0.200 e. The number of pyridine rings is 1. The molecule has 2 aromatic carbocycles. The van der Waals surface area contributed by atoms with Gasteiger partial charge in [-0.1, -0.05) is 70.2 Å². The highest BCUT2D eigenvalue weighted by Gasteiger charge is 2.20. The van der Waals surface area contributed by atoms with Gasteiger partial charge in [0, 0.05) is 17.2 Å². The van der Waals surface area contributed by atoms with E-state index < -0.39 is 0 Å². The van der Waals surface area contributed by atoms with E-state index in [1.807, 2.05) is 0 Å². The van der Waals surface area contributed by atoms with Crippen LogP contribution in [-0.2, 0) is 7.05 Å². The molecule has 0 fully saturated rings. The van der Waals surface area contributed by atoms with Crippen LogP contribution in [0.4, 0.5) is 0 Å². The lowest BCUT2D eigenvalue weighted by molar-refractivity contribution is -0.659. The van der Waals surface area contributed by atoms with Gasteiger partial charge >= 0.3 is 0 Å². The third-order valence-electron chi connectivity index (χ3n) is 5.62. The largest absolute Gasteiger partial charge is 0.212 e. The third-order valence-corrected chi connectivity index (χ3v) is 5.62. The van der Waals surface area contributed by atoms with Gasteiger partial charge in [-0.3, -0.25) is 0 Å². The Balaban J connectivity index is 1.92. The minimum atomic E-state index is 0.610. The number of aromatic nitrogens is 1. The topological polar surface area (TPSA) is 3.88 Å². The second-order valence-electron chi connectivity index (χ2n) is 8.36. The molecule has 140 valence electrons. The summed E-state index contributed by atoms with van der Waals surface area (Å²) in [6.45, 7) is 11.5.